The Kier molecular flexibility index (Phi) is 12.0. The van der Waals surface area contributed by atoms with Crippen LogP contribution in [0.2, 0.25) is 0 Å². The molecule has 0 aromatic rings. The SMILES string of the molecule is CCCCCCCCC=CC(=O)N[NH+]([O-])CCC. The predicted octanol–water partition coefficient (Wildman–Crippen LogP) is 2.12. The molecular formula is C14H28N2O2. The van der Waals surface area contributed by atoms with Crippen molar-refractivity contribution in [1.29, 1.82) is 0 Å². The third kappa shape index (κ3) is 11.6. The Balaban J connectivity index is 3.43. The number of allylic oxidation sites excluding steroid dienone is 1. The van der Waals surface area contributed by atoms with Crippen LogP contribution in [-0.4, -0.2) is 12.5 Å². The number of rotatable bonds is 11. The van der Waals surface area contributed by atoms with Crippen molar-refractivity contribution >= 4 is 5.91 Å². The Bertz CT molecular complexity index is 230. The molecule has 0 aromatic carbocycles. The zero-order valence-corrected chi connectivity index (χ0v) is 11.8. The number of hydroxylamine groups is 1. The van der Waals surface area contributed by atoms with Crippen LogP contribution in [0.25, 0.3) is 0 Å². The quantitative estimate of drug-likeness (QED) is 0.338. The number of carbonyl (C=O) groups is 1. The summed E-state index contributed by atoms with van der Waals surface area (Å²) >= 11 is 0. The smallest absolute Gasteiger partial charge is 0.288 e. The van der Waals surface area contributed by atoms with E-state index in [-0.39, 0.29) is 11.1 Å². The number of hydrogen-bond donors (Lipinski definition) is 2. The van der Waals surface area contributed by atoms with Crippen molar-refractivity contribution in [3.05, 3.63) is 17.4 Å². The lowest BCUT2D eigenvalue weighted by molar-refractivity contribution is -0.886. The summed E-state index contributed by atoms with van der Waals surface area (Å²) in [6.45, 7) is 4.54. The van der Waals surface area contributed by atoms with Crippen LogP contribution in [0.4, 0.5) is 0 Å². The van der Waals surface area contributed by atoms with Crippen LogP contribution >= 0.6 is 0 Å². The first-order valence-electron chi connectivity index (χ1n) is 7.21. The highest BCUT2D eigenvalue weighted by Crippen LogP contribution is 2.06. The second kappa shape index (κ2) is 12.6. The van der Waals surface area contributed by atoms with Crippen molar-refractivity contribution in [2.24, 2.45) is 0 Å². The maximum Gasteiger partial charge on any atom is 0.288 e. The van der Waals surface area contributed by atoms with E-state index in [4.69, 9.17) is 0 Å². The summed E-state index contributed by atoms with van der Waals surface area (Å²) in [5, 5.41) is 10.9. The van der Waals surface area contributed by atoms with Gasteiger partial charge in [0.15, 0.2) is 0 Å². The van der Waals surface area contributed by atoms with Gasteiger partial charge in [-0.05, 0) is 19.3 Å². The van der Waals surface area contributed by atoms with Crippen molar-refractivity contribution in [1.82, 2.24) is 5.43 Å². The average molecular weight is 256 g/mol. The first kappa shape index (κ1) is 17.1. The van der Waals surface area contributed by atoms with Crippen LogP contribution in [0.1, 0.15) is 65.2 Å². The molecular weight excluding hydrogens is 228 g/mol. The summed E-state index contributed by atoms with van der Waals surface area (Å²) in [5.74, 6) is -0.292. The molecule has 0 aliphatic rings. The van der Waals surface area contributed by atoms with Gasteiger partial charge < -0.3 is 5.21 Å². The summed E-state index contributed by atoms with van der Waals surface area (Å²) in [5.41, 5.74) is 2.33. The van der Waals surface area contributed by atoms with Crippen molar-refractivity contribution in [2.45, 2.75) is 65.2 Å². The maximum absolute atomic E-state index is 11.3. The lowest BCUT2D eigenvalue weighted by atomic mass is 10.1. The summed E-state index contributed by atoms with van der Waals surface area (Å²) in [7, 11) is 0. The second-order valence-corrected chi connectivity index (χ2v) is 4.62. The van der Waals surface area contributed by atoms with E-state index >= 15 is 0 Å². The molecule has 0 bridgehead atoms. The van der Waals surface area contributed by atoms with E-state index in [1.54, 1.807) is 0 Å². The molecule has 1 amide bonds. The molecule has 106 valence electrons. The van der Waals surface area contributed by atoms with Crippen LogP contribution in [-0.2, 0) is 4.79 Å². The molecule has 1 unspecified atom stereocenters. The summed E-state index contributed by atoms with van der Waals surface area (Å²) in [6, 6.07) is 0. The number of amides is 1. The van der Waals surface area contributed by atoms with Gasteiger partial charge in [-0.1, -0.05) is 52.0 Å². The molecule has 0 aromatic heterocycles. The molecule has 2 N–H and O–H groups in total. The predicted molar refractivity (Wildman–Crippen MR) is 74.8 cm³/mol. The lowest BCUT2D eigenvalue weighted by Crippen LogP contribution is -3.14. The minimum atomic E-state index is -0.292. The van der Waals surface area contributed by atoms with Crippen molar-refractivity contribution in [3.63, 3.8) is 0 Å². The number of nitrogens with one attached hydrogen (secondary N) is 2. The standard InChI is InChI=1S/C14H28N2O2/c1-3-5-6-7-8-9-10-11-12-14(17)15-16(18)13-4-2/h11-12,16H,3-10,13H2,1-2H3,(H,15,17). The van der Waals surface area contributed by atoms with Gasteiger partial charge >= 0.3 is 0 Å². The third-order valence-corrected chi connectivity index (χ3v) is 2.73. The second-order valence-electron chi connectivity index (χ2n) is 4.62. The highest BCUT2D eigenvalue weighted by molar-refractivity contribution is 5.86. The fourth-order valence-electron chi connectivity index (χ4n) is 1.70. The van der Waals surface area contributed by atoms with Crippen LogP contribution in [0.3, 0.4) is 0 Å². The minimum absolute atomic E-state index is 0.188. The summed E-state index contributed by atoms with van der Waals surface area (Å²) < 4.78 is 0. The van der Waals surface area contributed by atoms with Gasteiger partial charge in [-0.25, -0.2) is 0 Å². The number of unbranched alkanes of at least 4 members (excludes halogenated alkanes) is 6. The van der Waals surface area contributed by atoms with Crippen LogP contribution in [0.15, 0.2) is 12.2 Å². The van der Waals surface area contributed by atoms with Crippen LogP contribution < -0.4 is 10.6 Å². The highest BCUT2D eigenvalue weighted by Gasteiger charge is 1.99. The number of carbonyl (C=O) groups excluding carboxylic acids is 1. The Morgan fingerprint density at radius 3 is 2.44 bits per heavy atom. The van der Waals surface area contributed by atoms with Crippen LogP contribution in [0, 0.1) is 5.21 Å². The number of quaternary nitrogens is 1. The Labute approximate surface area is 111 Å². The lowest BCUT2D eigenvalue weighted by Gasteiger charge is -2.19. The van der Waals surface area contributed by atoms with Gasteiger partial charge in [-0.3, -0.25) is 9.97 Å². The van der Waals surface area contributed by atoms with Gasteiger partial charge in [0.2, 0.25) is 0 Å². The first-order chi connectivity index (χ1) is 8.70. The normalized spacial score (nSPS) is 12.8. The Morgan fingerprint density at radius 2 is 1.78 bits per heavy atom. The minimum Gasteiger partial charge on any atom is -0.608 e. The molecule has 0 saturated carbocycles. The first-order valence-corrected chi connectivity index (χ1v) is 7.21. The maximum atomic E-state index is 11.3. The van der Waals surface area contributed by atoms with E-state index in [2.05, 4.69) is 12.3 Å². The molecule has 0 rings (SSSR count). The van der Waals surface area contributed by atoms with Gasteiger partial charge in [0.25, 0.3) is 5.91 Å². The molecule has 0 radical (unpaired) electrons. The Morgan fingerprint density at radius 1 is 1.11 bits per heavy atom. The molecule has 0 fully saturated rings. The van der Waals surface area contributed by atoms with E-state index in [9.17, 15) is 10.0 Å². The van der Waals surface area contributed by atoms with E-state index in [0.29, 0.717) is 6.54 Å². The van der Waals surface area contributed by atoms with E-state index in [1.165, 1.54) is 38.2 Å². The average Bonchev–Trinajstić information content (AvgIpc) is 2.32. The zero-order valence-electron chi connectivity index (χ0n) is 11.8. The summed E-state index contributed by atoms with van der Waals surface area (Å²) in [4.78, 5) is 11.3. The monoisotopic (exact) mass is 256 g/mol. The molecule has 0 aliphatic carbocycles. The van der Waals surface area contributed by atoms with Crippen molar-refractivity contribution in [2.75, 3.05) is 6.54 Å². The van der Waals surface area contributed by atoms with E-state index in [0.717, 1.165) is 19.3 Å². The largest absolute Gasteiger partial charge is 0.608 e. The van der Waals surface area contributed by atoms with Gasteiger partial charge in [0.05, 0.1) is 6.54 Å². The molecule has 4 nitrogen and oxygen atoms in total. The molecule has 0 aliphatic heterocycles. The molecule has 18 heavy (non-hydrogen) atoms. The van der Waals surface area contributed by atoms with Gasteiger partial charge in [0.1, 0.15) is 0 Å². The van der Waals surface area contributed by atoms with E-state index in [1.807, 2.05) is 13.0 Å². The van der Waals surface area contributed by atoms with E-state index < -0.39 is 0 Å². The molecule has 0 spiro atoms. The topological polar surface area (TPSA) is 56.6 Å². The summed E-state index contributed by atoms with van der Waals surface area (Å²) in [6.07, 6.45) is 12.5. The fourth-order valence-corrected chi connectivity index (χ4v) is 1.70. The highest BCUT2D eigenvalue weighted by atomic mass is 16.5. The van der Waals surface area contributed by atoms with Gasteiger partial charge in [-0.15, -0.1) is 0 Å². The van der Waals surface area contributed by atoms with Gasteiger partial charge in [0, 0.05) is 6.08 Å². The van der Waals surface area contributed by atoms with Crippen LogP contribution in [0.5, 0.6) is 0 Å². The molecule has 0 saturated heterocycles. The van der Waals surface area contributed by atoms with Crippen molar-refractivity contribution < 1.29 is 9.97 Å². The molecule has 4 heteroatoms. The molecule has 1 atom stereocenters. The van der Waals surface area contributed by atoms with Gasteiger partial charge in [-0.2, -0.15) is 5.43 Å². The number of hydrogen-bond acceptors (Lipinski definition) is 2. The van der Waals surface area contributed by atoms with Crippen molar-refractivity contribution in [3.8, 4) is 0 Å². The Hall–Kier alpha value is -0.870. The molecule has 0 heterocycles. The zero-order chi connectivity index (χ0) is 13.6. The third-order valence-electron chi connectivity index (χ3n) is 2.73. The fraction of sp³-hybridized carbons (Fsp3) is 0.786.